The molecule has 1 saturated heterocycles. The molecule has 3 rings (SSSR count). The van der Waals surface area contributed by atoms with E-state index in [2.05, 4.69) is 69.3 Å². The fraction of sp³-hybridized carbons (Fsp3) is 0.588. The first-order valence-electron chi connectivity index (χ1n) is 8.27. The Balaban J connectivity index is 1.45. The van der Waals surface area contributed by atoms with E-state index >= 15 is 0 Å². The average molecular weight is 301 g/mol. The lowest BCUT2D eigenvalue weighted by Crippen LogP contribution is -2.53. The Morgan fingerprint density at radius 2 is 1.82 bits per heavy atom. The summed E-state index contributed by atoms with van der Waals surface area (Å²) in [5.74, 6) is 1.05. The largest absolute Gasteiger partial charge is 0.369 e. The van der Waals surface area contributed by atoms with Gasteiger partial charge in [-0.1, -0.05) is 18.2 Å². The first-order chi connectivity index (χ1) is 10.7. The Bertz CT molecular complexity index is 493. The lowest BCUT2D eigenvalue weighted by Gasteiger charge is -2.39. The van der Waals surface area contributed by atoms with Crippen LogP contribution in [0, 0.1) is 0 Å². The molecule has 2 aliphatic heterocycles. The number of piperazine rings is 1. The first-order valence-corrected chi connectivity index (χ1v) is 8.27. The van der Waals surface area contributed by atoms with E-state index in [1.165, 1.54) is 5.69 Å². The SMILES string of the molecule is CC(CNC1=NCCN1C)N1CCN(c2ccccc2)CC1. The van der Waals surface area contributed by atoms with E-state index in [4.69, 9.17) is 0 Å². The van der Waals surface area contributed by atoms with Gasteiger partial charge in [-0.05, 0) is 19.1 Å². The molecule has 2 aliphatic rings. The van der Waals surface area contributed by atoms with Crippen LogP contribution in [-0.4, -0.2) is 74.7 Å². The van der Waals surface area contributed by atoms with Gasteiger partial charge in [-0.15, -0.1) is 0 Å². The van der Waals surface area contributed by atoms with Crippen molar-refractivity contribution in [3.63, 3.8) is 0 Å². The van der Waals surface area contributed by atoms with Gasteiger partial charge in [0.2, 0.25) is 0 Å². The number of nitrogens with one attached hydrogen (secondary N) is 1. The van der Waals surface area contributed by atoms with Crippen molar-refractivity contribution in [1.29, 1.82) is 0 Å². The second-order valence-corrected chi connectivity index (χ2v) is 6.22. The zero-order chi connectivity index (χ0) is 15.4. The molecule has 2 heterocycles. The van der Waals surface area contributed by atoms with E-state index < -0.39 is 0 Å². The third-order valence-corrected chi connectivity index (χ3v) is 4.67. The molecular formula is C17H27N5. The van der Waals surface area contributed by atoms with Crippen molar-refractivity contribution in [2.75, 3.05) is 57.8 Å². The number of likely N-dealkylation sites (N-methyl/N-ethyl adjacent to an activating group) is 1. The van der Waals surface area contributed by atoms with E-state index in [0.29, 0.717) is 6.04 Å². The van der Waals surface area contributed by atoms with Gasteiger partial charge in [0, 0.05) is 58.0 Å². The van der Waals surface area contributed by atoms with Crippen LogP contribution in [0.5, 0.6) is 0 Å². The van der Waals surface area contributed by atoms with Crippen molar-refractivity contribution in [2.24, 2.45) is 4.99 Å². The summed E-state index contributed by atoms with van der Waals surface area (Å²) in [6.07, 6.45) is 0. The maximum absolute atomic E-state index is 4.49. The number of guanidine groups is 1. The highest BCUT2D eigenvalue weighted by Gasteiger charge is 2.22. The zero-order valence-corrected chi connectivity index (χ0v) is 13.7. The normalized spacial score (nSPS) is 20.9. The van der Waals surface area contributed by atoms with Crippen LogP contribution >= 0.6 is 0 Å². The lowest BCUT2D eigenvalue weighted by molar-refractivity contribution is 0.197. The Morgan fingerprint density at radius 3 is 2.45 bits per heavy atom. The molecule has 0 amide bonds. The molecule has 0 bridgehead atoms. The summed E-state index contributed by atoms with van der Waals surface area (Å²) in [5.41, 5.74) is 1.34. The standard InChI is InChI=1S/C17H27N5/c1-15(14-19-17-18-8-9-20(17)2)21-10-12-22(13-11-21)16-6-4-3-5-7-16/h3-7,15H,8-14H2,1-2H3,(H,18,19). The molecule has 1 N–H and O–H groups in total. The summed E-state index contributed by atoms with van der Waals surface area (Å²) in [6, 6.07) is 11.3. The lowest BCUT2D eigenvalue weighted by atomic mass is 10.2. The first kappa shape index (κ1) is 15.2. The van der Waals surface area contributed by atoms with Crippen LogP contribution in [0.15, 0.2) is 35.3 Å². The second kappa shape index (κ2) is 7.01. The van der Waals surface area contributed by atoms with Crippen molar-refractivity contribution >= 4 is 11.6 Å². The Hall–Kier alpha value is -1.75. The quantitative estimate of drug-likeness (QED) is 0.903. The molecule has 22 heavy (non-hydrogen) atoms. The van der Waals surface area contributed by atoms with Crippen molar-refractivity contribution in [3.8, 4) is 0 Å². The fourth-order valence-electron chi connectivity index (χ4n) is 3.15. The minimum Gasteiger partial charge on any atom is -0.369 e. The van der Waals surface area contributed by atoms with Gasteiger partial charge in [0.25, 0.3) is 0 Å². The molecule has 0 saturated carbocycles. The van der Waals surface area contributed by atoms with E-state index in [-0.39, 0.29) is 0 Å². The topological polar surface area (TPSA) is 34.1 Å². The van der Waals surface area contributed by atoms with Crippen molar-refractivity contribution in [2.45, 2.75) is 13.0 Å². The van der Waals surface area contributed by atoms with Gasteiger partial charge in [-0.3, -0.25) is 9.89 Å². The van der Waals surface area contributed by atoms with Crippen molar-refractivity contribution in [3.05, 3.63) is 30.3 Å². The van der Waals surface area contributed by atoms with E-state index in [0.717, 1.165) is 51.8 Å². The number of benzene rings is 1. The molecule has 1 fully saturated rings. The van der Waals surface area contributed by atoms with Crippen LogP contribution in [0.25, 0.3) is 0 Å². The number of anilines is 1. The zero-order valence-electron chi connectivity index (χ0n) is 13.7. The average Bonchev–Trinajstić information content (AvgIpc) is 2.99. The second-order valence-electron chi connectivity index (χ2n) is 6.22. The minimum atomic E-state index is 0.537. The monoisotopic (exact) mass is 301 g/mol. The van der Waals surface area contributed by atoms with Gasteiger partial charge in [0.1, 0.15) is 0 Å². The van der Waals surface area contributed by atoms with E-state index in [9.17, 15) is 0 Å². The summed E-state index contributed by atoms with van der Waals surface area (Å²) in [7, 11) is 2.10. The molecule has 1 aromatic rings. The van der Waals surface area contributed by atoms with E-state index in [1.807, 2.05) is 0 Å². The number of para-hydroxylation sites is 1. The maximum Gasteiger partial charge on any atom is 0.193 e. The Kier molecular flexibility index (Phi) is 4.83. The molecule has 1 unspecified atom stereocenters. The predicted octanol–water partition coefficient (Wildman–Crippen LogP) is 1.09. The summed E-state index contributed by atoms with van der Waals surface area (Å²) >= 11 is 0. The highest BCUT2D eigenvalue weighted by molar-refractivity contribution is 5.81. The summed E-state index contributed by atoms with van der Waals surface area (Å²) < 4.78 is 0. The molecule has 5 heteroatoms. The van der Waals surface area contributed by atoms with Gasteiger partial charge in [-0.25, -0.2) is 0 Å². The number of aliphatic imine (C=N–C) groups is 1. The number of nitrogens with zero attached hydrogens (tertiary/aromatic N) is 4. The molecule has 0 radical (unpaired) electrons. The maximum atomic E-state index is 4.49. The molecule has 0 spiro atoms. The van der Waals surface area contributed by atoms with Crippen molar-refractivity contribution in [1.82, 2.24) is 15.1 Å². The predicted molar refractivity (Wildman–Crippen MR) is 92.6 cm³/mol. The fourth-order valence-corrected chi connectivity index (χ4v) is 3.15. The molecular weight excluding hydrogens is 274 g/mol. The van der Waals surface area contributed by atoms with E-state index in [1.54, 1.807) is 0 Å². The summed E-state index contributed by atoms with van der Waals surface area (Å²) in [6.45, 7) is 9.69. The molecule has 5 nitrogen and oxygen atoms in total. The molecule has 0 aliphatic carbocycles. The van der Waals surface area contributed by atoms with Crippen LogP contribution in [0.2, 0.25) is 0 Å². The Morgan fingerprint density at radius 1 is 1.09 bits per heavy atom. The van der Waals surface area contributed by atoms with Gasteiger partial charge < -0.3 is 15.1 Å². The highest BCUT2D eigenvalue weighted by Crippen LogP contribution is 2.16. The van der Waals surface area contributed by atoms with Crippen LogP contribution in [0.1, 0.15) is 6.92 Å². The molecule has 0 aromatic heterocycles. The van der Waals surface area contributed by atoms with Crippen LogP contribution in [-0.2, 0) is 0 Å². The van der Waals surface area contributed by atoms with Gasteiger partial charge >= 0.3 is 0 Å². The third kappa shape index (κ3) is 3.53. The van der Waals surface area contributed by atoms with Gasteiger partial charge in [-0.2, -0.15) is 0 Å². The third-order valence-electron chi connectivity index (χ3n) is 4.67. The molecule has 1 aromatic carbocycles. The minimum absolute atomic E-state index is 0.537. The van der Waals surface area contributed by atoms with Crippen LogP contribution in [0.4, 0.5) is 5.69 Å². The number of rotatable bonds is 4. The summed E-state index contributed by atoms with van der Waals surface area (Å²) in [4.78, 5) is 11.7. The van der Waals surface area contributed by atoms with Crippen LogP contribution in [0.3, 0.4) is 0 Å². The van der Waals surface area contributed by atoms with Gasteiger partial charge in [0.15, 0.2) is 5.96 Å². The Labute approximate surface area is 133 Å². The molecule has 1 atom stereocenters. The smallest absolute Gasteiger partial charge is 0.193 e. The van der Waals surface area contributed by atoms with Gasteiger partial charge in [0.05, 0.1) is 6.54 Å². The number of hydrogen-bond acceptors (Lipinski definition) is 5. The van der Waals surface area contributed by atoms with Crippen LogP contribution < -0.4 is 10.2 Å². The highest BCUT2D eigenvalue weighted by atomic mass is 15.3. The summed E-state index contributed by atoms with van der Waals surface area (Å²) in [5, 5.41) is 3.49. The molecule has 120 valence electrons. The van der Waals surface area contributed by atoms with Crippen molar-refractivity contribution < 1.29 is 0 Å². The number of hydrogen-bond donors (Lipinski definition) is 1.